The number of nitrogens with one attached hydrogen (secondary N) is 1. The minimum absolute atomic E-state index is 0.0431. The van der Waals surface area contributed by atoms with Gasteiger partial charge in [-0.3, -0.25) is 4.90 Å². The van der Waals surface area contributed by atoms with Crippen molar-refractivity contribution in [2.45, 2.75) is 88.9 Å². The Morgan fingerprint density at radius 2 is 1.80 bits per heavy atom. The lowest BCUT2D eigenvalue weighted by Crippen LogP contribution is -2.76. The fourth-order valence-corrected chi connectivity index (χ4v) is 5.02. The zero-order valence-electron chi connectivity index (χ0n) is 12.8. The predicted molar refractivity (Wildman–Crippen MR) is 78.2 cm³/mol. The molecule has 20 heavy (non-hydrogen) atoms. The maximum Gasteiger partial charge on any atom is 0.320 e. The van der Waals surface area contributed by atoms with E-state index in [-0.39, 0.29) is 23.5 Å². The molecule has 0 bridgehead atoms. The molecule has 3 fully saturated rings. The molecule has 4 nitrogen and oxygen atoms in total. The molecule has 2 saturated carbocycles. The minimum Gasteiger partial charge on any atom is -0.370 e. The van der Waals surface area contributed by atoms with Gasteiger partial charge in [0.1, 0.15) is 5.72 Å². The summed E-state index contributed by atoms with van der Waals surface area (Å²) in [6, 6.07) is -0.0101. The average molecular weight is 280 g/mol. The molecule has 114 valence electrons. The highest BCUT2D eigenvalue weighted by Crippen LogP contribution is 2.50. The van der Waals surface area contributed by atoms with E-state index < -0.39 is 5.72 Å². The van der Waals surface area contributed by atoms with Gasteiger partial charge >= 0.3 is 6.03 Å². The number of carbonyl (C=O) groups excluding carboxylic acids is 1. The maximum atomic E-state index is 12.6. The van der Waals surface area contributed by atoms with Gasteiger partial charge in [-0.2, -0.15) is 0 Å². The monoisotopic (exact) mass is 280 g/mol. The van der Waals surface area contributed by atoms with Gasteiger partial charge in [0.15, 0.2) is 0 Å². The first kappa shape index (κ1) is 14.2. The molecule has 0 radical (unpaired) electrons. The largest absolute Gasteiger partial charge is 0.370 e. The lowest BCUT2D eigenvalue weighted by molar-refractivity contribution is -0.199. The van der Waals surface area contributed by atoms with Gasteiger partial charge in [0.2, 0.25) is 0 Å². The highest BCUT2D eigenvalue weighted by molar-refractivity contribution is 5.77. The minimum atomic E-state index is -0.925. The van der Waals surface area contributed by atoms with Crippen molar-refractivity contribution in [2.24, 2.45) is 5.92 Å². The Labute approximate surface area is 121 Å². The molecule has 2 aliphatic carbocycles. The van der Waals surface area contributed by atoms with Crippen LogP contribution in [-0.2, 0) is 0 Å². The van der Waals surface area contributed by atoms with Crippen molar-refractivity contribution < 1.29 is 9.90 Å². The van der Waals surface area contributed by atoms with Crippen molar-refractivity contribution in [1.29, 1.82) is 0 Å². The molecular weight excluding hydrogens is 252 g/mol. The van der Waals surface area contributed by atoms with Crippen LogP contribution in [0.2, 0.25) is 0 Å². The highest BCUT2D eigenvalue weighted by atomic mass is 16.3. The van der Waals surface area contributed by atoms with Crippen LogP contribution in [0.25, 0.3) is 0 Å². The van der Waals surface area contributed by atoms with Crippen molar-refractivity contribution in [3.8, 4) is 0 Å². The van der Waals surface area contributed by atoms with Crippen LogP contribution in [0.15, 0.2) is 0 Å². The van der Waals surface area contributed by atoms with Crippen molar-refractivity contribution >= 4 is 6.03 Å². The van der Waals surface area contributed by atoms with Gasteiger partial charge in [-0.05, 0) is 46.0 Å². The van der Waals surface area contributed by atoms with E-state index >= 15 is 0 Å². The normalized spacial score (nSPS) is 36.9. The molecule has 3 rings (SSSR count). The Morgan fingerprint density at radius 1 is 1.15 bits per heavy atom. The molecule has 1 saturated heterocycles. The predicted octanol–water partition coefficient (Wildman–Crippen LogP) is 3.00. The summed E-state index contributed by atoms with van der Waals surface area (Å²) >= 11 is 0. The second kappa shape index (κ2) is 4.90. The Hall–Kier alpha value is -0.770. The van der Waals surface area contributed by atoms with E-state index in [1.54, 1.807) is 4.90 Å². The zero-order valence-corrected chi connectivity index (χ0v) is 12.8. The Kier molecular flexibility index (Phi) is 3.47. The van der Waals surface area contributed by atoms with Gasteiger partial charge in [0.05, 0.1) is 0 Å². The Balaban J connectivity index is 1.99. The van der Waals surface area contributed by atoms with Crippen molar-refractivity contribution in [1.82, 2.24) is 10.2 Å². The molecule has 0 aromatic rings. The summed E-state index contributed by atoms with van der Waals surface area (Å²) in [6.45, 7) is 4.00. The van der Waals surface area contributed by atoms with E-state index in [9.17, 15) is 9.90 Å². The number of aliphatic hydroxyl groups is 1. The van der Waals surface area contributed by atoms with E-state index in [0.29, 0.717) is 0 Å². The first-order valence-electron chi connectivity index (χ1n) is 8.33. The van der Waals surface area contributed by atoms with Gasteiger partial charge in [0.25, 0.3) is 0 Å². The molecule has 0 aromatic heterocycles. The van der Waals surface area contributed by atoms with Crippen LogP contribution in [0.1, 0.15) is 71.6 Å². The SMILES string of the molecule is CC(C)N1C(=O)NC2(CCCCC2)[C@H]2CCCC[C@]21O. The number of hydrogen-bond acceptors (Lipinski definition) is 2. The van der Waals surface area contributed by atoms with Gasteiger partial charge < -0.3 is 10.4 Å². The fraction of sp³-hybridized carbons (Fsp3) is 0.938. The summed E-state index contributed by atoms with van der Waals surface area (Å²) in [5, 5.41) is 14.7. The summed E-state index contributed by atoms with van der Waals surface area (Å²) in [5.74, 6) is 0.198. The van der Waals surface area contributed by atoms with Gasteiger partial charge in [0, 0.05) is 17.5 Å². The summed E-state index contributed by atoms with van der Waals surface area (Å²) in [4.78, 5) is 14.3. The number of rotatable bonds is 1. The molecule has 2 N–H and O–H groups in total. The van der Waals surface area contributed by atoms with E-state index in [2.05, 4.69) is 5.32 Å². The van der Waals surface area contributed by atoms with Gasteiger partial charge in [-0.25, -0.2) is 4.79 Å². The van der Waals surface area contributed by atoms with Crippen LogP contribution in [0.3, 0.4) is 0 Å². The lowest BCUT2D eigenvalue weighted by atomic mass is 9.62. The summed E-state index contributed by atoms with van der Waals surface area (Å²) < 4.78 is 0. The second-order valence-electron chi connectivity index (χ2n) is 7.29. The number of carbonyl (C=O) groups is 1. The number of nitrogens with zero attached hydrogens (tertiary/aromatic N) is 1. The molecule has 0 aromatic carbocycles. The van der Waals surface area contributed by atoms with Crippen LogP contribution in [0, 0.1) is 5.92 Å². The van der Waals surface area contributed by atoms with Crippen LogP contribution >= 0.6 is 0 Å². The smallest absolute Gasteiger partial charge is 0.320 e. The first-order valence-corrected chi connectivity index (χ1v) is 8.33. The van der Waals surface area contributed by atoms with Crippen molar-refractivity contribution in [3.63, 3.8) is 0 Å². The Bertz CT molecular complexity index is 390. The van der Waals surface area contributed by atoms with Gasteiger partial charge in [-0.1, -0.05) is 25.7 Å². The van der Waals surface area contributed by atoms with Crippen LogP contribution < -0.4 is 5.32 Å². The Morgan fingerprint density at radius 3 is 2.45 bits per heavy atom. The fourth-order valence-electron chi connectivity index (χ4n) is 5.02. The summed E-state index contributed by atoms with van der Waals surface area (Å²) in [5.41, 5.74) is -1.07. The first-order chi connectivity index (χ1) is 9.50. The van der Waals surface area contributed by atoms with E-state index in [1.807, 2.05) is 13.8 Å². The molecular formula is C16H28N2O2. The number of fused-ring (bicyclic) bond motifs is 2. The lowest BCUT2D eigenvalue weighted by Gasteiger charge is -2.61. The molecule has 3 aliphatic rings. The van der Waals surface area contributed by atoms with Crippen LogP contribution in [-0.4, -0.2) is 33.3 Å². The quantitative estimate of drug-likeness (QED) is 0.776. The molecule has 2 atom stereocenters. The zero-order chi connectivity index (χ0) is 14.4. The van der Waals surface area contributed by atoms with Crippen molar-refractivity contribution in [3.05, 3.63) is 0 Å². The van der Waals surface area contributed by atoms with E-state index in [0.717, 1.165) is 32.1 Å². The molecule has 1 heterocycles. The number of urea groups is 1. The average Bonchev–Trinajstić information content (AvgIpc) is 2.38. The standard InChI is InChI=1S/C16H28N2O2/c1-12(2)18-14(19)17-15(9-5-3-6-10-15)13-8-4-7-11-16(13,18)20/h12-13,20H,3-11H2,1-2H3,(H,17,19)/t13-,16+/m1/s1. The number of amides is 2. The summed E-state index contributed by atoms with van der Waals surface area (Å²) in [7, 11) is 0. The van der Waals surface area contributed by atoms with Crippen LogP contribution in [0.5, 0.6) is 0 Å². The molecule has 4 heteroatoms. The van der Waals surface area contributed by atoms with E-state index in [4.69, 9.17) is 0 Å². The third-order valence-corrected chi connectivity index (χ3v) is 5.77. The van der Waals surface area contributed by atoms with Crippen molar-refractivity contribution in [2.75, 3.05) is 0 Å². The van der Waals surface area contributed by atoms with Gasteiger partial charge in [-0.15, -0.1) is 0 Å². The second-order valence-corrected chi connectivity index (χ2v) is 7.29. The van der Waals surface area contributed by atoms with E-state index in [1.165, 1.54) is 25.7 Å². The third-order valence-electron chi connectivity index (χ3n) is 5.77. The molecule has 0 unspecified atom stereocenters. The third kappa shape index (κ3) is 1.95. The summed E-state index contributed by atoms with van der Waals surface area (Å²) in [6.07, 6.45) is 9.68. The number of hydrogen-bond donors (Lipinski definition) is 2. The highest BCUT2D eigenvalue weighted by Gasteiger charge is 2.60. The topological polar surface area (TPSA) is 52.6 Å². The maximum absolute atomic E-state index is 12.6. The molecule has 1 spiro atoms. The molecule has 1 aliphatic heterocycles. The van der Waals surface area contributed by atoms with Crippen LogP contribution in [0.4, 0.5) is 4.79 Å². The molecule has 2 amide bonds.